The molecule has 0 fully saturated rings. The molecule has 4 nitrogen and oxygen atoms in total. The van der Waals surface area contributed by atoms with Gasteiger partial charge in [-0.1, -0.05) is 120 Å². The first-order chi connectivity index (χ1) is 22.1. The van der Waals surface area contributed by atoms with Gasteiger partial charge in [-0.2, -0.15) is 0 Å². The SMILES string of the molecule is BC(c1ccccc1)c1ccccc1.CCOc1cccc(C([SiH2]c2ccccc2)(c2cccc(OCC)c2)n2ccnc2)c1. The van der Waals surface area contributed by atoms with E-state index in [1.165, 1.54) is 27.4 Å². The summed E-state index contributed by atoms with van der Waals surface area (Å²) in [6.45, 7) is 5.30. The maximum absolute atomic E-state index is 5.87. The van der Waals surface area contributed by atoms with Crippen LogP contribution in [-0.4, -0.2) is 40.1 Å². The number of benzene rings is 5. The number of hydrogen-bond acceptors (Lipinski definition) is 3. The van der Waals surface area contributed by atoms with Gasteiger partial charge in [-0.3, -0.25) is 0 Å². The van der Waals surface area contributed by atoms with Gasteiger partial charge in [-0.15, -0.1) is 0 Å². The van der Waals surface area contributed by atoms with Crippen LogP contribution in [0.4, 0.5) is 0 Å². The molecular formula is C39H41BN2O2Si. The van der Waals surface area contributed by atoms with Gasteiger partial charge in [0.05, 0.1) is 34.2 Å². The maximum Gasteiger partial charge on any atom is 0.119 e. The summed E-state index contributed by atoms with van der Waals surface area (Å²) in [4.78, 5) is 4.42. The Morgan fingerprint density at radius 1 is 0.667 bits per heavy atom. The summed E-state index contributed by atoms with van der Waals surface area (Å²) in [6.07, 6.45) is 5.85. The molecule has 0 spiro atoms. The maximum atomic E-state index is 5.87. The fraction of sp³-hybridized carbons (Fsp3) is 0.154. The predicted molar refractivity (Wildman–Crippen MR) is 192 cm³/mol. The number of hydrogen-bond donors (Lipinski definition) is 0. The third-order valence-electron chi connectivity index (χ3n) is 8.09. The molecular weight excluding hydrogens is 567 g/mol. The monoisotopic (exact) mass is 608 g/mol. The fourth-order valence-corrected chi connectivity index (χ4v) is 8.15. The van der Waals surface area contributed by atoms with Crippen molar-refractivity contribution in [1.29, 1.82) is 0 Å². The van der Waals surface area contributed by atoms with Gasteiger partial charge in [0.25, 0.3) is 0 Å². The van der Waals surface area contributed by atoms with Crippen LogP contribution >= 0.6 is 0 Å². The van der Waals surface area contributed by atoms with Crippen molar-refractivity contribution in [3.8, 4) is 11.5 Å². The number of imidazole rings is 1. The normalized spacial score (nSPS) is 11.3. The molecule has 6 rings (SSSR count). The smallest absolute Gasteiger partial charge is 0.119 e. The number of aromatic nitrogens is 2. The highest BCUT2D eigenvalue weighted by molar-refractivity contribution is 6.57. The highest BCUT2D eigenvalue weighted by atomic mass is 28.2. The lowest BCUT2D eigenvalue weighted by atomic mass is 9.76. The molecule has 0 radical (unpaired) electrons. The molecule has 0 atom stereocenters. The van der Waals surface area contributed by atoms with Gasteiger partial charge >= 0.3 is 0 Å². The zero-order valence-corrected chi connectivity index (χ0v) is 27.8. The van der Waals surface area contributed by atoms with Crippen LogP contribution in [0, 0.1) is 0 Å². The molecule has 0 amide bonds. The van der Waals surface area contributed by atoms with E-state index in [1.54, 1.807) is 0 Å². The average molecular weight is 609 g/mol. The Labute approximate surface area is 271 Å². The minimum Gasteiger partial charge on any atom is -0.494 e. The fourth-order valence-electron chi connectivity index (χ4n) is 5.83. The lowest BCUT2D eigenvalue weighted by molar-refractivity contribution is 0.338. The zero-order chi connectivity index (χ0) is 31.3. The number of rotatable bonds is 11. The van der Waals surface area contributed by atoms with Crippen molar-refractivity contribution in [3.63, 3.8) is 0 Å². The van der Waals surface area contributed by atoms with Crippen molar-refractivity contribution < 1.29 is 9.47 Å². The molecule has 1 heterocycles. The molecule has 6 aromatic rings. The number of nitrogens with zero attached hydrogens (tertiary/aromatic N) is 2. The number of ether oxygens (including phenoxy) is 2. The molecule has 6 heteroatoms. The lowest BCUT2D eigenvalue weighted by Crippen LogP contribution is -2.46. The third-order valence-corrected chi connectivity index (χ3v) is 10.7. The van der Waals surface area contributed by atoms with E-state index in [4.69, 9.17) is 9.47 Å². The Kier molecular flexibility index (Phi) is 11.1. The van der Waals surface area contributed by atoms with Gasteiger partial charge < -0.3 is 14.0 Å². The largest absolute Gasteiger partial charge is 0.494 e. The van der Waals surface area contributed by atoms with Gasteiger partial charge in [0.2, 0.25) is 0 Å². The van der Waals surface area contributed by atoms with E-state index >= 15 is 0 Å². The summed E-state index contributed by atoms with van der Waals surface area (Å²) in [6, 6.07) is 48.9. The quantitative estimate of drug-likeness (QED) is 0.161. The summed E-state index contributed by atoms with van der Waals surface area (Å²) < 4.78 is 14.0. The van der Waals surface area contributed by atoms with E-state index in [-0.39, 0.29) is 5.16 Å². The zero-order valence-electron chi connectivity index (χ0n) is 26.4. The second-order valence-corrected chi connectivity index (χ2v) is 13.2. The van der Waals surface area contributed by atoms with E-state index in [2.05, 4.69) is 151 Å². The van der Waals surface area contributed by atoms with Gasteiger partial charge in [-0.25, -0.2) is 4.98 Å². The lowest BCUT2D eigenvalue weighted by Gasteiger charge is -2.37. The molecule has 0 saturated heterocycles. The Balaban J connectivity index is 0.000000238. The third kappa shape index (κ3) is 7.83. The molecule has 0 aliphatic carbocycles. The highest BCUT2D eigenvalue weighted by Gasteiger charge is 2.37. The predicted octanol–water partition coefficient (Wildman–Crippen LogP) is 6.33. The first-order valence-corrected chi connectivity index (χ1v) is 17.1. The molecule has 226 valence electrons. The molecule has 0 bridgehead atoms. The minimum atomic E-state index is -0.918. The van der Waals surface area contributed by atoms with Crippen LogP contribution < -0.4 is 14.7 Å². The first-order valence-electron chi connectivity index (χ1n) is 15.7. The Bertz CT molecular complexity index is 1630. The Hall–Kier alpha value is -4.81. The second-order valence-electron chi connectivity index (χ2n) is 11.0. The minimum absolute atomic E-state index is 0.377. The average Bonchev–Trinajstić information content (AvgIpc) is 3.65. The molecule has 0 aliphatic rings. The molecule has 0 saturated carbocycles. The van der Waals surface area contributed by atoms with Crippen LogP contribution in [0.5, 0.6) is 11.5 Å². The Morgan fingerprint density at radius 3 is 1.60 bits per heavy atom. The van der Waals surface area contributed by atoms with E-state index in [0.717, 1.165) is 11.5 Å². The molecule has 5 aromatic carbocycles. The molecule has 1 aromatic heterocycles. The highest BCUT2D eigenvalue weighted by Crippen LogP contribution is 2.36. The van der Waals surface area contributed by atoms with Crippen molar-refractivity contribution in [2.45, 2.75) is 24.8 Å². The van der Waals surface area contributed by atoms with Gasteiger partial charge in [0.1, 0.15) is 19.3 Å². The van der Waals surface area contributed by atoms with E-state index in [1.807, 2.05) is 38.5 Å². The van der Waals surface area contributed by atoms with Crippen LogP contribution in [0.1, 0.15) is 41.9 Å². The topological polar surface area (TPSA) is 36.3 Å². The van der Waals surface area contributed by atoms with Crippen molar-refractivity contribution in [3.05, 3.63) is 181 Å². The second kappa shape index (κ2) is 15.8. The van der Waals surface area contributed by atoms with Crippen LogP contribution in [-0.2, 0) is 5.16 Å². The van der Waals surface area contributed by atoms with Crippen LogP contribution in [0.15, 0.2) is 158 Å². The van der Waals surface area contributed by atoms with Gasteiger partial charge in [-0.05, 0) is 66.2 Å². The van der Waals surface area contributed by atoms with Gasteiger partial charge in [0, 0.05) is 12.4 Å². The molecule has 0 N–H and O–H groups in total. The standard InChI is InChI=1S/C26H28N2O2Si.C13H13B/c1-3-29-23-12-8-10-21(18-23)26(28-17-16-27-20-28,31-25-14-6-5-7-15-25)22-11-9-13-24(19-22)30-4-2;14-13(11-7-3-1-4-8-11)12-9-5-2-6-10-12/h5-20H,3-4,31H2,1-2H3;1-10,13H,14H2. The van der Waals surface area contributed by atoms with E-state index in [0.29, 0.717) is 19.0 Å². The van der Waals surface area contributed by atoms with Crippen molar-refractivity contribution in [2.75, 3.05) is 13.2 Å². The van der Waals surface area contributed by atoms with Crippen LogP contribution in [0.25, 0.3) is 0 Å². The summed E-state index contributed by atoms with van der Waals surface area (Å²) >= 11 is 0. The summed E-state index contributed by atoms with van der Waals surface area (Å²) in [5.74, 6) is 2.25. The molecule has 0 aliphatic heterocycles. The van der Waals surface area contributed by atoms with Gasteiger partial charge in [0.15, 0.2) is 0 Å². The van der Waals surface area contributed by atoms with Crippen molar-refractivity contribution in [1.82, 2.24) is 9.55 Å². The summed E-state index contributed by atoms with van der Waals surface area (Å²) in [5, 5.41) is 0.998. The van der Waals surface area contributed by atoms with Crippen LogP contribution in [0.3, 0.4) is 0 Å². The summed E-state index contributed by atoms with van der Waals surface area (Å²) in [5.41, 5.74) is 5.14. The van der Waals surface area contributed by atoms with Crippen LogP contribution in [0.2, 0.25) is 0 Å². The van der Waals surface area contributed by atoms with Crippen molar-refractivity contribution in [2.24, 2.45) is 0 Å². The first kappa shape index (κ1) is 31.6. The van der Waals surface area contributed by atoms with E-state index < -0.39 is 9.52 Å². The molecule has 45 heavy (non-hydrogen) atoms. The Morgan fingerprint density at radius 2 is 1.16 bits per heavy atom. The van der Waals surface area contributed by atoms with E-state index in [9.17, 15) is 0 Å². The summed E-state index contributed by atoms with van der Waals surface area (Å²) in [7, 11) is 1.32. The van der Waals surface area contributed by atoms with Crippen molar-refractivity contribution >= 4 is 22.6 Å². The molecule has 0 unspecified atom stereocenters.